The molecule has 0 saturated carbocycles. The quantitative estimate of drug-likeness (QED) is 0.0429. The van der Waals surface area contributed by atoms with Crippen LogP contribution in [0.5, 0.6) is 0 Å². The molecule has 0 fully saturated rings. The minimum absolute atomic E-state index is 0.125. The fourth-order valence-corrected chi connectivity index (χ4v) is 5.13. The molecule has 5 heteroatoms. The highest BCUT2D eigenvalue weighted by atomic mass is 16.6. The number of ether oxygens (including phenoxy) is 2. The van der Waals surface area contributed by atoms with E-state index in [4.69, 9.17) is 9.47 Å². The Morgan fingerprint density at radius 2 is 0.761 bits per heavy atom. The van der Waals surface area contributed by atoms with Gasteiger partial charge < -0.3 is 14.6 Å². The second kappa shape index (κ2) is 37.3. The number of hydrogen-bond acceptors (Lipinski definition) is 5. The fraction of sp³-hybridized carbons (Fsp3) is 0.756. The van der Waals surface area contributed by atoms with E-state index in [1.807, 2.05) is 0 Å². The summed E-state index contributed by atoms with van der Waals surface area (Å²) >= 11 is 0. The van der Waals surface area contributed by atoms with Gasteiger partial charge in [0.25, 0.3) is 0 Å². The first-order valence-corrected chi connectivity index (χ1v) is 19.2. The van der Waals surface area contributed by atoms with Gasteiger partial charge in [0.05, 0.1) is 0 Å². The van der Waals surface area contributed by atoms with Crippen molar-refractivity contribution in [2.45, 2.75) is 187 Å². The van der Waals surface area contributed by atoms with Gasteiger partial charge in [-0.3, -0.25) is 9.59 Å². The third-order valence-corrected chi connectivity index (χ3v) is 8.07. The van der Waals surface area contributed by atoms with Crippen molar-refractivity contribution in [3.05, 3.63) is 48.6 Å². The van der Waals surface area contributed by atoms with Crippen molar-refractivity contribution >= 4 is 11.9 Å². The van der Waals surface area contributed by atoms with Crippen LogP contribution in [0.15, 0.2) is 48.6 Å². The molecule has 0 amide bonds. The van der Waals surface area contributed by atoms with Crippen LogP contribution in [0.1, 0.15) is 181 Å². The molecule has 0 spiro atoms. The van der Waals surface area contributed by atoms with Crippen LogP contribution in [0.3, 0.4) is 0 Å². The lowest BCUT2D eigenvalue weighted by Gasteiger charge is -2.12. The van der Waals surface area contributed by atoms with Crippen LogP contribution in [-0.4, -0.2) is 36.4 Å². The normalized spacial score (nSPS) is 12.7. The molecule has 1 N–H and O–H groups in total. The monoisotopic (exact) mass is 645 g/mol. The molecule has 0 aliphatic rings. The van der Waals surface area contributed by atoms with Gasteiger partial charge in [0.2, 0.25) is 0 Å². The van der Waals surface area contributed by atoms with Gasteiger partial charge in [-0.15, -0.1) is 0 Å². The molecular formula is C41H72O5. The number of allylic oxidation sites excluding steroid dienone is 8. The first-order chi connectivity index (χ1) is 22.6. The molecule has 0 unspecified atom stereocenters. The molecule has 46 heavy (non-hydrogen) atoms. The van der Waals surface area contributed by atoms with E-state index < -0.39 is 6.10 Å². The van der Waals surface area contributed by atoms with Crippen molar-refractivity contribution in [2.24, 2.45) is 0 Å². The zero-order valence-corrected chi connectivity index (χ0v) is 30.1. The van der Waals surface area contributed by atoms with Gasteiger partial charge in [-0.25, -0.2) is 0 Å². The van der Waals surface area contributed by atoms with E-state index >= 15 is 0 Å². The van der Waals surface area contributed by atoms with Gasteiger partial charge in [0, 0.05) is 12.8 Å². The molecule has 0 heterocycles. The highest BCUT2D eigenvalue weighted by molar-refractivity contribution is 5.69. The molecule has 0 aliphatic heterocycles. The predicted octanol–water partition coefficient (Wildman–Crippen LogP) is 11.8. The van der Waals surface area contributed by atoms with Crippen molar-refractivity contribution in [3.8, 4) is 0 Å². The molecule has 1 atom stereocenters. The molecule has 0 bridgehead atoms. The number of rotatable bonds is 34. The summed E-state index contributed by atoms with van der Waals surface area (Å²) in [7, 11) is 0. The number of carbonyl (C=O) groups excluding carboxylic acids is 2. The molecule has 0 rings (SSSR count). The fourth-order valence-electron chi connectivity index (χ4n) is 5.13. The number of hydrogen-bond donors (Lipinski definition) is 1. The smallest absolute Gasteiger partial charge is 0.305 e. The zero-order chi connectivity index (χ0) is 33.6. The Morgan fingerprint density at radius 1 is 0.457 bits per heavy atom. The topological polar surface area (TPSA) is 72.8 Å². The summed E-state index contributed by atoms with van der Waals surface area (Å²) < 4.78 is 10.3. The van der Waals surface area contributed by atoms with E-state index in [0.29, 0.717) is 12.8 Å². The van der Waals surface area contributed by atoms with E-state index in [9.17, 15) is 14.7 Å². The highest BCUT2D eigenvalue weighted by Crippen LogP contribution is 2.13. The number of aliphatic hydroxyl groups excluding tert-OH is 1. The van der Waals surface area contributed by atoms with E-state index in [-0.39, 0.29) is 25.2 Å². The highest BCUT2D eigenvalue weighted by Gasteiger charge is 2.12. The summed E-state index contributed by atoms with van der Waals surface area (Å²) in [4.78, 5) is 23.9. The van der Waals surface area contributed by atoms with Gasteiger partial charge in [0.1, 0.15) is 19.3 Å². The molecule has 0 saturated heterocycles. The number of esters is 2. The van der Waals surface area contributed by atoms with Crippen molar-refractivity contribution in [3.63, 3.8) is 0 Å². The van der Waals surface area contributed by atoms with Gasteiger partial charge in [-0.05, 0) is 57.8 Å². The van der Waals surface area contributed by atoms with Crippen LogP contribution in [0, 0.1) is 0 Å². The minimum atomic E-state index is -0.975. The lowest BCUT2D eigenvalue weighted by molar-refractivity contribution is -0.152. The second-order valence-corrected chi connectivity index (χ2v) is 12.7. The van der Waals surface area contributed by atoms with Crippen LogP contribution in [0.25, 0.3) is 0 Å². The Morgan fingerprint density at radius 3 is 1.17 bits per heavy atom. The van der Waals surface area contributed by atoms with Crippen LogP contribution in [-0.2, 0) is 19.1 Å². The molecule has 0 aromatic rings. The Kier molecular flexibility index (Phi) is 35.6. The molecule has 5 nitrogen and oxygen atoms in total. The maximum Gasteiger partial charge on any atom is 0.305 e. The maximum atomic E-state index is 11.9. The summed E-state index contributed by atoms with van der Waals surface area (Å²) in [5.41, 5.74) is 0. The van der Waals surface area contributed by atoms with Crippen LogP contribution in [0.4, 0.5) is 0 Å². The molecule has 0 aromatic carbocycles. The SMILES string of the molecule is CCCCC/C=C\C/C=C\C/C=C\C/C=C\CCCCCC(=O)OC[C@H](O)COC(=O)CCCCCCCCCCCCCCC. The van der Waals surface area contributed by atoms with Gasteiger partial charge in [-0.2, -0.15) is 0 Å². The average molecular weight is 645 g/mol. The Bertz CT molecular complexity index is 782. The molecule has 0 aliphatic carbocycles. The summed E-state index contributed by atoms with van der Waals surface area (Å²) in [5.74, 6) is -0.599. The van der Waals surface area contributed by atoms with E-state index in [1.54, 1.807) is 0 Å². The first-order valence-electron chi connectivity index (χ1n) is 19.2. The average Bonchev–Trinajstić information content (AvgIpc) is 3.06. The standard InChI is InChI=1S/C41H72O5/c1-3-5-7-9-11-13-15-17-18-19-20-21-22-24-26-28-30-32-34-36-41(44)46-38-39(42)37-45-40(43)35-33-31-29-27-25-23-16-14-12-10-8-6-4-2/h11,13,17-18,20-21,24,26,39,42H,3-10,12,14-16,19,22-23,25,27-38H2,1-2H3/b13-11-,18-17-,21-20-,26-24-/t39-/m1/s1. The maximum absolute atomic E-state index is 11.9. The molecule has 266 valence electrons. The van der Waals surface area contributed by atoms with Gasteiger partial charge in [-0.1, -0.05) is 159 Å². The Hall–Kier alpha value is -2.14. The van der Waals surface area contributed by atoms with Crippen LogP contribution in [0.2, 0.25) is 0 Å². The third-order valence-electron chi connectivity index (χ3n) is 8.07. The number of unbranched alkanes of at least 4 members (excludes halogenated alkanes) is 18. The van der Waals surface area contributed by atoms with Gasteiger partial charge >= 0.3 is 11.9 Å². The number of carbonyl (C=O) groups is 2. The van der Waals surface area contributed by atoms with E-state index in [0.717, 1.165) is 64.2 Å². The lowest BCUT2D eigenvalue weighted by atomic mass is 10.0. The summed E-state index contributed by atoms with van der Waals surface area (Å²) in [5, 5.41) is 9.99. The zero-order valence-electron chi connectivity index (χ0n) is 30.1. The van der Waals surface area contributed by atoms with E-state index in [2.05, 4.69) is 62.5 Å². The number of aliphatic hydroxyl groups is 1. The molecular weight excluding hydrogens is 572 g/mol. The third kappa shape index (κ3) is 36.3. The lowest BCUT2D eigenvalue weighted by Crippen LogP contribution is -2.25. The van der Waals surface area contributed by atoms with Gasteiger partial charge in [0.15, 0.2) is 0 Å². The van der Waals surface area contributed by atoms with Crippen molar-refractivity contribution in [2.75, 3.05) is 13.2 Å². The largest absolute Gasteiger partial charge is 0.463 e. The van der Waals surface area contributed by atoms with Crippen LogP contribution >= 0.6 is 0 Å². The predicted molar refractivity (Wildman–Crippen MR) is 196 cm³/mol. The second-order valence-electron chi connectivity index (χ2n) is 12.7. The van der Waals surface area contributed by atoms with Crippen LogP contribution < -0.4 is 0 Å². The minimum Gasteiger partial charge on any atom is -0.463 e. The Balaban J connectivity index is 3.52. The summed E-state index contributed by atoms with van der Waals surface area (Å²) in [6.45, 7) is 4.24. The first kappa shape index (κ1) is 43.9. The van der Waals surface area contributed by atoms with Crippen molar-refractivity contribution < 1.29 is 24.2 Å². The summed E-state index contributed by atoms with van der Waals surface area (Å²) in [6, 6.07) is 0. The summed E-state index contributed by atoms with van der Waals surface area (Å²) in [6.07, 6.45) is 45.9. The Labute approximate surface area is 284 Å². The van der Waals surface area contributed by atoms with Crippen molar-refractivity contribution in [1.29, 1.82) is 0 Å². The van der Waals surface area contributed by atoms with Crippen molar-refractivity contribution in [1.82, 2.24) is 0 Å². The molecule has 0 radical (unpaired) electrons. The molecule has 0 aromatic heterocycles. The van der Waals surface area contributed by atoms with E-state index in [1.165, 1.54) is 89.9 Å².